The zero-order valence-corrected chi connectivity index (χ0v) is 13.1. The number of halogens is 1. The van der Waals surface area contributed by atoms with Crippen LogP contribution in [0.5, 0.6) is 0 Å². The van der Waals surface area contributed by atoms with Gasteiger partial charge in [-0.15, -0.1) is 0 Å². The molecule has 0 radical (unpaired) electrons. The van der Waals surface area contributed by atoms with Crippen molar-refractivity contribution in [2.24, 2.45) is 11.3 Å². The Hall–Kier alpha value is 0.390. The molecule has 0 aromatic rings. The summed E-state index contributed by atoms with van der Waals surface area (Å²) in [4.78, 5) is 0. The van der Waals surface area contributed by atoms with Crippen molar-refractivity contribution >= 4 is 26.0 Å². The molecule has 16 heavy (non-hydrogen) atoms. The molecule has 0 bridgehead atoms. The van der Waals surface area contributed by atoms with Gasteiger partial charge in [0, 0.05) is 11.9 Å². The first kappa shape index (κ1) is 16.4. The fourth-order valence-corrected chi connectivity index (χ4v) is 3.32. The van der Waals surface area contributed by atoms with Crippen LogP contribution in [-0.4, -0.2) is 26.0 Å². The molecule has 0 spiro atoms. The first-order chi connectivity index (χ1) is 7.18. The first-order valence-electron chi connectivity index (χ1n) is 5.72. The number of hydrogen-bond donors (Lipinski definition) is 1. The van der Waals surface area contributed by atoms with Crippen molar-refractivity contribution in [2.75, 3.05) is 17.6 Å². The quantitative estimate of drug-likeness (QED) is 0.700. The Morgan fingerprint density at radius 2 is 1.88 bits per heavy atom. The second-order valence-electron chi connectivity index (χ2n) is 5.45. The maximum Gasteiger partial charge on any atom is 0.211 e. The van der Waals surface area contributed by atoms with Crippen LogP contribution in [0.3, 0.4) is 0 Å². The third-order valence-electron chi connectivity index (χ3n) is 2.31. The number of sulfonamides is 1. The van der Waals surface area contributed by atoms with E-state index in [1.807, 2.05) is 13.8 Å². The van der Waals surface area contributed by atoms with E-state index in [1.165, 1.54) is 0 Å². The highest BCUT2D eigenvalue weighted by atomic mass is 79.9. The van der Waals surface area contributed by atoms with Crippen LogP contribution in [-0.2, 0) is 10.0 Å². The van der Waals surface area contributed by atoms with Gasteiger partial charge in [-0.25, -0.2) is 13.1 Å². The predicted octanol–water partition coefficient (Wildman–Crippen LogP) is 2.76. The summed E-state index contributed by atoms with van der Waals surface area (Å²) in [6.45, 7) is 8.53. The van der Waals surface area contributed by atoms with Gasteiger partial charge in [0.2, 0.25) is 10.0 Å². The Morgan fingerprint density at radius 3 is 2.31 bits per heavy atom. The van der Waals surface area contributed by atoms with E-state index in [0.717, 1.165) is 18.2 Å². The lowest BCUT2D eigenvalue weighted by atomic mass is 9.88. The van der Waals surface area contributed by atoms with Gasteiger partial charge in [-0.2, -0.15) is 0 Å². The molecule has 0 unspecified atom stereocenters. The van der Waals surface area contributed by atoms with E-state index in [0.29, 0.717) is 6.54 Å². The van der Waals surface area contributed by atoms with Crippen LogP contribution < -0.4 is 4.72 Å². The largest absolute Gasteiger partial charge is 0.215 e. The molecule has 0 aliphatic carbocycles. The van der Waals surface area contributed by atoms with E-state index in [4.69, 9.17) is 0 Å². The van der Waals surface area contributed by atoms with Gasteiger partial charge in [-0.05, 0) is 24.2 Å². The molecule has 0 saturated heterocycles. The van der Waals surface area contributed by atoms with Crippen LogP contribution in [0.2, 0.25) is 0 Å². The van der Waals surface area contributed by atoms with E-state index in [1.54, 1.807) is 0 Å². The Balaban J connectivity index is 4.12. The molecule has 0 aliphatic heterocycles. The van der Waals surface area contributed by atoms with Crippen molar-refractivity contribution in [2.45, 2.75) is 40.5 Å². The number of rotatable bonds is 8. The zero-order chi connectivity index (χ0) is 12.8. The lowest BCUT2D eigenvalue weighted by Gasteiger charge is -2.24. The Bertz CT molecular complexity index is 286. The van der Waals surface area contributed by atoms with Gasteiger partial charge in [0.15, 0.2) is 0 Å². The van der Waals surface area contributed by atoms with E-state index >= 15 is 0 Å². The van der Waals surface area contributed by atoms with Crippen molar-refractivity contribution in [3.8, 4) is 0 Å². The minimum Gasteiger partial charge on any atom is -0.215 e. The third kappa shape index (κ3) is 8.53. The Morgan fingerprint density at radius 1 is 1.31 bits per heavy atom. The van der Waals surface area contributed by atoms with Crippen LogP contribution >= 0.6 is 15.9 Å². The van der Waals surface area contributed by atoms with Crippen LogP contribution in [0, 0.1) is 11.3 Å². The monoisotopic (exact) mass is 313 g/mol. The van der Waals surface area contributed by atoms with Crippen LogP contribution in [0.1, 0.15) is 40.5 Å². The third-order valence-corrected chi connectivity index (χ3v) is 4.56. The molecular formula is C11H24BrNO2S. The highest BCUT2D eigenvalue weighted by molar-refractivity contribution is 9.09. The smallest absolute Gasteiger partial charge is 0.211 e. The molecule has 0 fully saturated rings. The molecule has 1 N–H and O–H groups in total. The molecule has 0 heterocycles. The normalized spacial score (nSPS) is 13.4. The molecule has 0 saturated carbocycles. The number of hydrogen-bond acceptors (Lipinski definition) is 2. The van der Waals surface area contributed by atoms with Gasteiger partial charge in [-0.1, -0.05) is 43.6 Å². The van der Waals surface area contributed by atoms with Crippen LogP contribution in [0.4, 0.5) is 0 Å². The minimum atomic E-state index is -3.10. The van der Waals surface area contributed by atoms with Crippen molar-refractivity contribution in [1.29, 1.82) is 0 Å². The van der Waals surface area contributed by atoms with Crippen molar-refractivity contribution in [1.82, 2.24) is 4.72 Å². The van der Waals surface area contributed by atoms with Crippen LogP contribution in [0.25, 0.3) is 0 Å². The maximum absolute atomic E-state index is 11.6. The molecule has 0 amide bonds. The van der Waals surface area contributed by atoms with Gasteiger partial charge >= 0.3 is 0 Å². The van der Waals surface area contributed by atoms with Gasteiger partial charge in [-0.3, -0.25) is 0 Å². The summed E-state index contributed by atoms with van der Waals surface area (Å²) in [6, 6.07) is 0. The topological polar surface area (TPSA) is 46.2 Å². The molecule has 0 aromatic carbocycles. The van der Waals surface area contributed by atoms with Gasteiger partial charge in [0.05, 0.1) is 5.75 Å². The van der Waals surface area contributed by atoms with Gasteiger partial charge in [0.25, 0.3) is 0 Å². The Labute approximate surface area is 109 Å². The molecule has 0 aromatic heterocycles. The average molecular weight is 314 g/mol. The average Bonchev–Trinajstić information content (AvgIpc) is 2.10. The van der Waals surface area contributed by atoms with E-state index in [2.05, 4.69) is 34.5 Å². The maximum atomic E-state index is 11.6. The van der Waals surface area contributed by atoms with Crippen molar-refractivity contribution in [3.05, 3.63) is 0 Å². The summed E-state index contributed by atoms with van der Waals surface area (Å²) in [5.74, 6) is 0.379. The summed E-state index contributed by atoms with van der Waals surface area (Å²) in [6.07, 6.45) is 2.08. The van der Waals surface area contributed by atoms with Gasteiger partial charge < -0.3 is 0 Å². The molecule has 3 nitrogen and oxygen atoms in total. The number of nitrogens with one attached hydrogen (secondary N) is 1. The van der Waals surface area contributed by atoms with E-state index < -0.39 is 10.0 Å². The SMILES string of the molecule is CC(C)CS(=O)(=O)NCC(C)(C)CCCBr. The molecule has 0 atom stereocenters. The highest BCUT2D eigenvalue weighted by Crippen LogP contribution is 2.22. The molecule has 0 rings (SSSR count). The summed E-state index contributed by atoms with van der Waals surface area (Å²) >= 11 is 3.39. The summed E-state index contributed by atoms with van der Waals surface area (Å²) < 4.78 is 26.0. The van der Waals surface area contributed by atoms with Crippen molar-refractivity contribution in [3.63, 3.8) is 0 Å². The lowest BCUT2D eigenvalue weighted by molar-refractivity contribution is 0.332. The molecule has 0 aliphatic rings. The minimum absolute atomic E-state index is 0.0256. The fraction of sp³-hybridized carbons (Fsp3) is 1.00. The fourth-order valence-electron chi connectivity index (χ4n) is 1.44. The standard InChI is InChI=1S/C11H24BrNO2S/c1-10(2)8-16(14,15)13-9-11(3,4)6-5-7-12/h10,13H,5-9H2,1-4H3. The van der Waals surface area contributed by atoms with Crippen molar-refractivity contribution < 1.29 is 8.42 Å². The second kappa shape index (κ2) is 6.97. The molecule has 5 heteroatoms. The second-order valence-corrected chi connectivity index (χ2v) is 8.10. The predicted molar refractivity (Wildman–Crippen MR) is 73.4 cm³/mol. The molecule has 98 valence electrons. The van der Waals surface area contributed by atoms with E-state index in [9.17, 15) is 8.42 Å². The van der Waals surface area contributed by atoms with Gasteiger partial charge in [0.1, 0.15) is 0 Å². The number of alkyl halides is 1. The summed E-state index contributed by atoms with van der Waals surface area (Å²) in [5, 5.41) is 0.967. The van der Waals surface area contributed by atoms with Crippen LogP contribution in [0.15, 0.2) is 0 Å². The Kier molecular flexibility index (Phi) is 7.14. The first-order valence-corrected chi connectivity index (χ1v) is 8.49. The summed E-state index contributed by atoms with van der Waals surface area (Å²) in [7, 11) is -3.10. The van der Waals surface area contributed by atoms with E-state index in [-0.39, 0.29) is 17.1 Å². The lowest BCUT2D eigenvalue weighted by Crippen LogP contribution is -2.36. The zero-order valence-electron chi connectivity index (χ0n) is 10.7. The molecular weight excluding hydrogens is 290 g/mol. The highest BCUT2D eigenvalue weighted by Gasteiger charge is 2.21. The summed E-state index contributed by atoms with van der Waals surface area (Å²) in [5.41, 5.74) is 0.0256.